The van der Waals surface area contributed by atoms with Gasteiger partial charge in [0, 0.05) is 5.92 Å². The van der Waals surface area contributed by atoms with Crippen LogP contribution in [0.2, 0.25) is 5.02 Å². The second-order valence-corrected chi connectivity index (χ2v) is 5.71. The largest absolute Gasteiger partial charge is 0.368 e. The topological polar surface area (TPSA) is 98.0 Å². The van der Waals surface area contributed by atoms with Gasteiger partial charge >= 0.3 is 0 Å². The van der Waals surface area contributed by atoms with Crippen molar-refractivity contribution in [2.45, 2.75) is 25.8 Å². The van der Waals surface area contributed by atoms with Crippen LogP contribution in [0.25, 0.3) is 0 Å². The van der Waals surface area contributed by atoms with Crippen molar-refractivity contribution in [3.05, 3.63) is 58.6 Å². The number of nitrogens with zero attached hydrogens (tertiary/aromatic N) is 2. The third-order valence-corrected chi connectivity index (χ3v) is 3.46. The van der Waals surface area contributed by atoms with Crippen LogP contribution in [0.5, 0.6) is 0 Å². The number of hydrogen-bond donors (Lipinski definition) is 2. The van der Waals surface area contributed by atoms with Gasteiger partial charge in [0.2, 0.25) is 5.91 Å². The van der Waals surface area contributed by atoms with Crippen molar-refractivity contribution in [1.29, 1.82) is 0 Å². The van der Waals surface area contributed by atoms with Gasteiger partial charge in [-0.3, -0.25) is 9.59 Å². The Morgan fingerprint density at radius 3 is 2.43 bits per heavy atom. The number of hydrogen-bond acceptors (Lipinski definition) is 4. The van der Waals surface area contributed by atoms with Crippen LogP contribution >= 0.6 is 11.6 Å². The molecule has 0 aliphatic rings. The Bertz CT molecular complexity index is 719. The molecule has 2 aromatic rings. The van der Waals surface area contributed by atoms with Crippen LogP contribution in [0.1, 0.15) is 47.7 Å². The van der Waals surface area contributed by atoms with Gasteiger partial charge in [0.15, 0.2) is 0 Å². The molecular formula is C16H17ClN4O2. The molecule has 0 fully saturated rings. The van der Waals surface area contributed by atoms with Crippen LogP contribution < -0.4 is 11.1 Å². The van der Waals surface area contributed by atoms with E-state index in [0.717, 1.165) is 0 Å². The highest BCUT2D eigenvalue weighted by Gasteiger charge is 2.23. The molecule has 1 heterocycles. The average molecular weight is 333 g/mol. The Balaban J connectivity index is 2.30. The molecule has 0 aliphatic carbocycles. The lowest BCUT2D eigenvalue weighted by molar-refractivity contribution is -0.120. The third kappa shape index (κ3) is 4.04. The van der Waals surface area contributed by atoms with Crippen molar-refractivity contribution in [1.82, 2.24) is 15.3 Å². The molecule has 23 heavy (non-hydrogen) atoms. The van der Waals surface area contributed by atoms with Crippen LogP contribution in [-0.2, 0) is 4.79 Å². The van der Waals surface area contributed by atoms with Crippen LogP contribution in [0.3, 0.4) is 0 Å². The first kappa shape index (κ1) is 16.9. The highest BCUT2D eigenvalue weighted by molar-refractivity contribution is 6.33. The maximum absolute atomic E-state index is 12.4. The smallest absolute Gasteiger partial charge is 0.272 e. The first-order valence-corrected chi connectivity index (χ1v) is 7.45. The van der Waals surface area contributed by atoms with Gasteiger partial charge in [-0.05, 0) is 5.56 Å². The van der Waals surface area contributed by atoms with Gasteiger partial charge in [0.05, 0.1) is 11.2 Å². The molecule has 0 radical (unpaired) electrons. The molecule has 1 unspecified atom stereocenters. The minimum Gasteiger partial charge on any atom is -0.368 e. The van der Waals surface area contributed by atoms with Crippen LogP contribution in [0, 0.1) is 0 Å². The Hall–Kier alpha value is -2.47. The van der Waals surface area contributed by atoms with Crippen molar-refractivity contribution in [2.75, 3.05) is 0 Å². The van der Waals surface area contributed by atoms with Crippen molar-refractivity contribution >= 4 is 23.4 Å². The monoisotopic (exact) mass is 332 g/mol. The zero-order valence-electron chi connectivity index (χ0n) is 12.8. The highest BCUT2D eigenvalue weighted by atomic mass is 35.5. The van der Waals surface area contributed by atoms with E-state index in [2.05, 4.69) is 15.3 Å². The van der Waals surface area contributed by atoms with Gasteiger partial charge in [0.25, 0.3) is 5.91 Å². The summed E-state index contributed by atoms with van der Waals surface area (Å²) in [5, 5.41) is 2.68. The second kappa shape index (κ2) is 7.19. The SMILES string of the molecule is CC(C)c1ncc(Cl)c(C(=O)NC(C(N)=O)c2ccccc2)n1. The molecule has 1 atom stereocenters. The molecule has 0 saturated heterocycles. The fourth-order valence-corrected chi connectivity index (χ4v) is 2.16. The quantitative estimate of drug-likeness (QED) is 0.877. The number of carbonyl (C=O) groups is 2. The van der Waals surface area contributed by atoms with Crippen LogP contribution in [0.15, 0.2) is 36.5 Å². The molecule has 0 aliphatic heterocycles. The standard InChI is InChI=1S/C16H17ClN4O2/c1-9(2)15-19-8-11(17)13(20-15)16(23)21-12(14(18)22)10-6-4-3-5-7-10/h3-9,12H,1-2H3,(H2,18,22)(H,21,23). The highest BCUT2D eigenvalue weighted by Crippen LogP contribution is 2.18. The number of aromatic nitrogens is 2. The molecule has 7 heteroatoms. The molecule has 0 saturated carbocycles. The lowest BCUT2D eigenvalue weighted by Gasteiger charge is -2.16. The molecule has 0 bridgehead atoms. The summed E-state index contributed by atoms with van der Waals surface area (Å²) in [6.07, 6.45) is 1.38. The zero-order chi connectivity index (χ0) is 17.0. The summed E-state index contributed by atoms with van der Waals surface area (Å²) in [4.78, 5) is 32.4. The summed E-state index contributed by atoms with van der Waals surface area (Å²) in [6, 6.07) is 7.77. The van der Waals surface area contributed by atoms with E-state index < -0.39 is 17.9 Å². The second-order valence-electron chi connectivity index (χ2n) is 5.30. The number of primary amides is 1. The summed E-state index contributed by atoms with van der Waals surface area (Å²) < 4.78 is 0. The summed E-state index contributed by atoms with van der Waals surface area (Å²) in [7, 11) is 0. The van der Waals surface area contributed by atoms with E-state index in [4.69, 9.17) is 17.3 Å². The molecule has 1 aromatic heterocycles. The first-order chi connectivity index (χ1) is 10.9. The number of rotatable bonds is 5. The molecule has 3 N–H and O–H groups in total. The molecule has 6 nitrogen and oxygen atoms in total. The van der Waals surface area contributed by atoms with Crippen molar-refractivity contribution in [3.63, 3.8) is 0 Å². The summed E-state index contributed by atoms with van der Waals surface area (Å²) in [5.74, 6) is -0.708. The van der Waals surface area contributed by atoms with E-state index in [-0.39, 0.29) is 16.6 Å². The number of amides is 2. The van der Waals surface area contributed by atoms with Crippen molar-refractivity contribution in [2.24, 2.45) is 5.73 Å². The van der Waals surface area contributed by atoms with Crippen LogP contribution in [-0.4, -0.2) is 21.8 Å². The maximum atomic E-state index is 12.4. The fourth-order valence-electron chi connectivity index (χ4n) is 1.98. The summed E-state index contributed by atoms with van der Waals surface area (Å²) in [5.41, 5.74) is 6.00. The number of carbonyl (C=O) groups excluding carboxylic acids is 2. The normalized spacial score (nSPS) is 12.0. The molecule has 2 amide bonds. The molecule has 2 rings (SSSR count). The predicted octanol–water partition coefficient (Wildman–Crippen LogP) is 2.21. The van der Waals surface area contributed by atoms with E-state index in [9.17, 15) is 9.59 Å². The maximum Gasteiger partial charge on any atom is 0.272 e. The van der Waals surface area contributed by atoms with Gasteiger partial charge in [-0.15, -0.1) is 0 Å². The van der Waals surface area contributed by atoms with E-state index in [1.807, 2.05) is 13.8 Å². The lowest BCUT2D eigenvalue weighted by Crippen LogP contribution is -2.38. The molecule has 1 aromatic carbocycles. The molecule has 0 spiro atoms. The first-order valence-electron chi connectivity index (χ1n) is 7.07. The number of halogens is 1. The fraction of sp³-hybridized carbons (Fsp3) is 0.250. The Kier molecular flexibility index (Phi) is 5.28. The van der Waals surface area contributed by atoms with Crippen LogP contribution in [0.4, 0.5) is 0 Å². The van der Waals surface area contributed by atoms with Crippen molar-refractivity contribution < 1.29 is 9.59 Å². The lowest BCUT2D eigenvalue weighted by atomic mass is 10.1. The summed E-state index contributed by atoms with van der Waals surface area (Å²) in [6.45, 7) is 3.81. The van der Waals surface area contributed by atoms with Gasteiger partial charge in [-0.2, -0.15) is 0 Å². The number of nitrogens with two attached hydrogens (primary N) is 1. The Morgan fingerprint density at radius 2 is 1.87 bits per heavy atom. The Morgan fingerprint density at radius 1 is 1.22 bits per heavy atom. The van der Waals surface area contributed by atoms with Gasteiger partial charge in [-0.25, -0.2) is 9.97 Å². The van der Waals surface area contributed by atoms with Gasteiger partial charge < -0.3 is 11.1 Å². The predicted molar refractivity (Wildman–Crippen MR) is 87.0 cm³/mol. The van der Waals surface area contributed by atoms with E-state index in [1.54, 1.807) is 30.3 Å². The van der Waals surface area contributed by atoms with Gasteiger partial charge in [-0.1, -0.05) is 55.8 Å². The van der Waals surface area contributed by atoms with Gasteiger partial charge in [0.1, 0.15) is 17.6 Å². The number of nitrogens with one attached hydrogen (secondary N) is 1. The van der Waals surface area contributed by atoms with Crippen molar-refractivity contribution in [3.8, 4) is 0 Å². The minimum atomic E-state index is -0.961. The minimum absolute atomic E-state index is 0.0209. The Labute approximate surface area is 139 Å². The summed E-state index contributed by atoms with van der Waals surface area (Å²) >= 11 is 6.00. The zero-order valence-corrected chi connectivity index (χ0v) is 13.5. The number of benzene rings is 1. The van der Waals surface area contributed by atoms with E-state index >= 15 is 0 Å². The van der Waals surface area contributed by atoms with E-state index in [1.165, 1.54) is 6.20 Å². The molecule has 120 valence electrons. The average Bonchev–Trinajstić information content (AvgIpc) is 2.53. The van der Waals surface area contributed by atoms with E-state index in [0.29, 0.717) is 11.4 Å². The third-order valence-electron chi connectivity index (χ3n) is 3.19. The molecular weight excluding hydrogens is 316 g/mol.